The molecule has 22 heavy (non-hydrogen) atoms. The van der Waals surface area contributed by atoms with E-state index >= 15 is 0 Å². The van der Waals surface area contributed by atoms with Gasteiger partial charge in [0.05, 0.1) is 5.92 Å². The first-order valence-corrected chi connectivity index (χ1v) is 7.51. The fourth-order valence-corrected chi connectivity index (χ4v) is 2.35. The molecule has 1 rings (SSSR count). The Bertz CT molecular complexity index is 543. The van der Waals surface area contributed by atoms with Crippen molar-refractivity contribution < 1.29 is 14.7 Å². The molecule has 0 radical (unpaired) electrons. The molecule has 0 aliphatic carbocycles. The molecule has 5 nitrogen and oxygen atoms in total. The molecule has 2 unspecified atom stereocenters. The molecule has 0 spiro atoms. The van der Waals surface area contributed by atoms with Gasteiger partial charge < -0.3 is 15.3 Å². The topological polar surface area (TPSA) is 69.6 Å². The van der Waals surface area contributed by atoms with Gasteiger partial charge in [0.15, 0.2) is 0 Å². The van der Waals surface area contributed by atoms with Gasteiger partial charge in [-0.1, -0.05) is 30.7 Å². The third kappa shape index (κ3) is 5.39. The van der Waals surface area contributed by atoms with Crippen LogP contribution < -0.4 is 5.32 Å². The Labute approximate surface area is 132 Å². The summed E-state index contributed by atoms with van der Waals surface area (Å²) in [6, 6.07) is 6.02. The first-order valence-electron chi connectivity index (χ1n) is 7.51. The zero-order valence-corrected chi connectivity index (χ0v) is 14.0. The maximum absolute atomic E-state index is 12.1. The molecule has 0 aliphatic heterocycles. The quantitative estimate of drug-likeness (QED) is 0.848. The Balaban J connectivity index is 2.55. The molecule has 0 heterocycles. The molecule has 0 saturated carbocycles. The van der Waals surface area contributed by atoms with Crippen LogP contribution in [-0.4, -0.2) is 41.6 Å². The lowest BCUT2D eigenvalue weighted by molar-refractivity contribution is -0.141. The van der Waals surface area contributed by atoms with Gasteiger partial charge in [-0.25, -0.2) is 4.79 Å². The SMILES string of the molecule is Cc1ccc(CC(C)NC(=O)N(C)CC(C)C(=O)O)c(C)c1. The molecule has 0 bridgehead atoms. The summed E-state index contributed by atoms with van der Waals surface area (Å²) in [6.07, 6.45) is 0.750. The maximum atomic E-state index is 12.1. The third-order valence-corrected chi connectivity index (χ3v) is 3.71. The predicted octanol–water partition coefficient (Wildman–Crippen LogP) is 2.60. The number of benzene rings is 1. The van der Waals surface area contributed by atoms with Crippen molar-refractivity contribution in [1.82, 2.24) is 10.2 Å². The zero-order chi connectivity index (χ0) is 16.9. The Morgan fingerprint density at radius 2 is 1.91 bits per heavy atom. The van der Waals surface area contributed by atoms with Crippen molar-refractivity contribution >= 4 is 12.0 Å². The standard InChI is InChI=1S/C17H26N2O3/c1-11-6-7-15(12(2)8-11)9-14(4)18-17(22)19(5)10-13(3)16(20)21/h6-8,13-14H,9-10H2,1-5H3,(H,18,22)(H,20,21). The first-order chi connectivity index (χ1) is 10.2. The van der Waals surface area contributed by atoms with Crippen LogP contribution in [0, 0.1) is 19.8 Å². The molecule has 1 aromatic rings. The lowest BCUT2D eigenvalue weighted by Crippen LogP contribution is -2.44. The number of aliphatic carboxylic acids is 1. The summed E-state index contributed by atoms with van der Waals surface area (Å²) in [4.78, 5) is 24.3. The molecule has 1 aromatic carbocycles. The van der Waals surface area contributed by atoms with E-state index in [4.69, 9.17) is 5.11 Å². The number of amides is 2. The van der Waals surface area contributed by atoms with E-state index < -0.39 is 11.9 Å². The number of carbonyl (C=O) groups is 2. The van der Waals surface area contributed by atoms with E-state index in [1.165, 1.54) is 21.6 Å². The van der Waals surface area contributed by atoms with Gasteiger partial charge in [0.25, 0.3) is 0 Å². The summed E-state index contributed by atoms with van der Waals surface area (Å²) in [5.41, 5.74) is 3.65. The second kappa shape index (κ2) is 7.82. The van der Waals surface area contributed by atoms with Crippen LogP contribution in [0.15, 0.2) is 18.2 Å². The van der Waals surface area contributed by atoms with E-state index in [0.29, 0.717) is 0 Å². The highest BCUT2D eigenvalue weighted by Crippen LogP contribution is 2.12. The monoisotopic (exact) mass is 306 g/mol. The summed E-state index contributed by atoms with van der Waals surface area (Å²) in [5, 5.41) is 11.8. The number of rotatable bonds is 6. The maximum Gasteiger partial charge on any atom is 0.317 e. The minimum Gasteiger partial charge on any atom is -0.481 e. The number of nitrogens with one attached hydrogen (secondary N) is 1. The highest BCUT2D eigenvalue weighted by Gasteiger charge is 2.18. The summed E-state index contributed by atoms with van der Waals surface area (Å²) >= 11 is 0. The van der Waals surface area contributed by atoms with Gasteiger partial charge in [0, 0.05) is 19.6 Å². The second-order valence-electron chi connectivity index (χ2n) is 6.10. The number of carbonyl (C=O) groups excluding carboxylic acids is 1. The predicted molar refractivity (Wildman–Crippen MR) is 87.0 cm³/mol. The average Bonchev–Trinajstić information content (AvgIpc) is 2.41. The molecule has 0 aliphatic rings. The van der Waals surface area contributed by atoms with Crippen LogP contribution in [0.1, 0.15) is 30.5 Å². The fraction of sp³-hybridized carbons (Fsp3) is 0.529. The number of aryl methyl sites for hydroxylation is 2. The van der Waals surface area contributed by atoms with Gasteiger partial charge in [-0.05, 0) is 38.3 Å². The summed E-state index contributed by atoms with van der Waals surface area (Å²) < 4.78 is 0. The van der Waals surface area contributed by atoms with E-state index in [1.807, 2.05) is 6.92 Å². The normalized spacial score (nSPS) is 13.3. The van der Waals surface area contributed by atoms with Gasteiger partial charge in [-0.3, -0.25) is 4.79 Å². The van der Waals surface area contributed by atoms with Gasteiger partial charge in [0.1, 0.15) is 0 Å². The van der Waals surface area contributed by atoms with Crippen LogP contribution in [0.3, 0.4) is 0 Å². The van der Waals surface area contributed by atoms with E-state index in [-0.39, 0.29) is 18.6 Å². The molecule has 0 saturated heterocycles. The van der Waals surface area contributed by atoms with Crippen molar-refractivity contribution in [2.75, 3.05) is 13.6 Å². The van der Waals surface area contributed by atoms with Crippen molar-refractivity contribution in [2.45, 2.75) is 40.2 Å². The lowest BCUT2D eigenvalue weighted by Gasteiger charge is -2.23. The molecule has 2 N–H and O–H groups in total. The fourth-order valence-electron chi connectivity index (χ4n) is 2.35. The van der Waals surface area contributed by atoms with Crippen LogP contribution in [0.2, 0.25) is 0 Å². The zero-order valence-electron chi connectivity index (χ0n) is 14.0. The van der Waals surface area contributed by atoms with Crippen LogP contribution in [0.4, 0.5) is 4.79 Å². The van der Waals surface area contributed by atoms with E-state index in [1.54, 1.807) is 14.0 Å². The number of nitrogens with zero attached hydrogens (tertiary/aromatic N) is 1. The number of hydrogen-bond donors (Lipinski definition) is 2. The number of carboxylic acids is 1. The van der Waals surface area contributed by atoms with Crippen molar-refractivity contribution in [1.29, 1.82) is 0 Å². The van der Waals surface area contributed by atoms with Crippen LogP contribution in [0.5, 0.6) is 0 Å². The smallest absolute Gasteiger partial charge is 0.317 e. The Morgan fingerprint density at radius 1 is 1.27 bits per heavy atom. The number of carboxylic acid groups (broad SMARTS) is 1. The highest BCUT2D eigenvalue weighted by atomic mass is 16.4. The minimum absolute atomic E-state index is 0.0171. The third-order valence-electron chi connectivity index (χ3n) is 3.71. The second-order valence-corrected chi connectivity index (χ2v) is 6.10. The van der Waals surface area contributed by atoms with Crippen LogP contribution >= 0.6 is 0 Å². The van der Waals surface area contributed by atoms with Crippen molar-refractivity contribution in [3.63, 3.8) is 0 Å². The highest BCUT2D eigenvalue weighted by molar-refractivity contribution is 5.76. The molecule has 5 heteroatoms. The van der Waals surface area contributed by atoms with Gasteiger partial charge in [0.2, 0.25) is 0 Å². The molecule has 0 aromatic heterocycles. The van der Waals surface area contributed by atoms with Gasteiger partial charge >= 0.3 is 12.0 Å². The summed E-state index contributed by atoms with van der Waals surface area (Å²) in [6.45, 7) is 7.85. The Kier molecular flexibility index (Phi) is 6.40. The van der Waals surface area contributed by atoms with Crippen LogP contribution in [0.25, 0.3) is 0 Å². The van der Waals surface area contributed by atoms with E-state index in [0.717, 1.165) is 6.42 Å². The molecule has 122 valence electrons. The van der Waals surface area contributed by atoms with E-state index in [2.05, 4.69) is 37.4 Å². The number of urea groups is 1. The summed E-state index contributed by atoms with van der Waals surface area (Å²) in [7, 11) is 1.61. The van der Waals surface area contributed by atoms with Crippen molar-refractivity contribution in [3.05, 3.63) is 34.9 Å². The molecular weight excluding hydrogens is 280 g/mol. The lowest BCUT2D eigenvalue weighted by atomic mass is 10.00. The molecule has 2 atom stereocenters. The Hall–Kier alpha value is -2.04. The minimum atomic E-state index is -0.900. The number of hydrogen-bond acceptors (Lipinski definition) is 2. The molecule has 2 amide bonds. The van der Waals surface area contributed by atoms with Crippen molar-refractivity contribution in [2.24, 2.45) is 5.92 Å². The van der Waals surface area contributed by atoms with Crippen LogP contribution in [-0.2, 0) is 11.2 Å². The van der Waals surface area contributed by atoms with Gasteiger partial charge in [-0.2, -0.15) is 0 Å². The average molecular weight is 306 g/mol. The molecular formula is C17H26N2O3. The van der Waals surface area contributed by atoms with E-state index in [9.17, 15) is 9.59 Å². The largest absolute Gasteiger partial charge is 0.481 e. The first kappa shape index (κ1) is 18.0. The molecule has 0 fully saturated rings. The Morgan fingerprint density at radius 3 is 2.45 bits per heavy atom. The van der Waals surface area contributed by atoms with Gasteiger partial charge in [-0.15, -0.1) is 0 Å². The van der Waals surface area contributed by atoms with Crippen molar-refractivity contribution in [3.8, 4) is 0 Å². The summed E-state index contributed by atoms with van der Waals surface area (Å²) in [5.74, 6) is -1.48.